The Morgan fingerprint density at radius 3 is 3.08 bits per heavy atom. The molecule has 1 heterocycles. The molecule has 1 aromatic heterocycles. The molecule has 0 aromatic carbocycles. The van der Waals surface area contributed by atoms with Crippen LogP contribution in [0.25, 0.3) is 0 Å². The van der Waals surface area contributed by atoms with Gasteiger partial charge in [-0.25, -0.2) is 0 Å². The van der Waals surface area contributed by atoms with Gasteiger partial charge in [-0.3, -0.25) is 0 Å². The maximum absolute atomic E-state index is 8.51. The molecule has 0 saturated carbocycles. The third kappa shape index (κ3) is 2.91. The molecule has 0 amide bonds. The zero-order valence-electron chi connectivity index (χ0n) is 7.08. The highest BCUT2D eigenvalue weighted by Crippen LogP contribution is 2.16. The average molecular weight is 191 g/mol. The summed E-state index contributed by atoms with van der Waals surface area (Å²) < 4.78 is 0. The van der Waals surface area contributed by atoms with Gasteiger partial charge in [0.05, 0.1) is 10.9 Å². The zero-order chi connectivity index (χ0) is 9.52. The summed E-state index contributed by atoms with van der Waals surface area (Å²) in [5.41, 5.74) is 1.10. The van der Waals surface area contributed by atoms with E-state index < -0.39 is 0 Å². The standard InChI is InChI=1S/C10H9NOS/c11-6-1-3-9-5-8-13-10(9)4-2-7-12/h5,8,12H,1,3,7H2. The molecule has 1 N–H and O–H groups in total. The second kappa shape index (κ2) is 5.37. The van der Waals surface area contributed by atoms with Crippen LogP contribution in [-0.2, 0) is 6.42 Å². The molecule has 13 heavy (non-hydrogen) atoms. The van der Waals surface area contributed by atoms with Crippen molar-refractivity contribution < 1.29 is 5.11 Å². The Hall–Kier alpha value is -1.29. The highest BCUT2D eigenvalue weighted by atomic mass is 32.1. The van der Waals surface area contributed by atoms with E-state index in [1.165, 1.54) is 0 Å². The first-order chi connectivity index (χ1) is 6.38. The van der Waals surface area contributed by atoms with Crippen LogP contribution in [0.4, 0.5) is 0 Å². The molecule has 0 spiro atoms. The van der Waals surface area contributed by atoms with Gasteiger partial charge < -0.3 is 5.11 Å². The van der Waals surface area contributed by atoms with E-state index in [0.29, 0.717) is 6.42 Å². The first-order valence-corrected chi connectivity index (χ1v) is 4.79. The van der Waals surface area contributed by atoms with E-state index in [1.807, 2.05) is 11.4 Å². The summed E-state index contributed by atoms with van der Waals surface area (Å²) in [6.45, 7) is -0.115. The van der Waals surface area contributed by atoms with Gasteiger partial charge in [0, 0.05) is 6.42 Å². The number of aliphatic hydroxyl groups excluding tert-OH is 1. The van der Waals surface area contributed by atoms with Crippen LogP contribution in [0.1, 0.15) is 16.9 Å². The van der Waals surface area contributed by atoms with E-state index in [4.69, 9.17) is 10.4 Å². The fourth-order valence-corrected chi connectivity index (χ4v) is 1.77. The summed E-state index contributed by atoms with van der Waals surface area (Å²) in [6, 6.07) is 4.07. The summed E-state index contributed by atoms with van der Waals surface area (Å²) in [6.07, 6.45) is 1.26. The Labute approximate surface area is 81.4 Å². The third-order valence-corrected chi connectivity index (χ3v) is 2.41. The molecule has 0 aliphatic rings. The van der Waals surface area contributed by atoms with E-state index in [9.17, 15) is 0 Å². The fraction of sp³-hybridized carbons (Fsp3) is 0.300. The van der Waals surface area contributed by atoms with Crippen LogP contribution in [0.15, 0.2) is 11.4 Å². The van der Waals surface area contributed by atoms with Crippen LogP contribution in [0, 0.1) is 23.2 Å². The van der Waals surface area contributed by atoms with Crippen molar-refractivity contribution in [3.63, 3.8) is 0 Å². The molecule has 0 unspecified atom stereocenters. The Morgan fingerprint density at radius 1 is 1.54 bits per heavy atom. The van der Waals surface area contributed by atoms with E-state index in [-0.39, 0.29) is 6.61 Å². The number of nitrogens with zero attached hydrogens (tertiary/aromatic N) is 1. The second-order valence-electron chi connectivity index (χ2n) is 2.39. The SMILES string of the molecule is N#CCCc1ccsc1C#CCO. The maximum Gasteiger partial charge on any atom is 0.104 e. The predicted octanol–water partition coefficient (Wildman–Crippen LogP) is 1.55. The molecule has 0 saturated heterocycles. The largest absolute Gasteiger partial charge is 0.384 e. The van der Waals surface area contributed by atoms with Crippen molar-refractivity contribution in [3.8, 4) is 17.9 Å². The van der Waals surface area contributed by atoms with Gasteiger partial charge in [-0.15, -0.1) is 11.3 Å². The Bertz CT molecular complexity index is 364. The van der Waals surface area contributed by atoms with E-state index in [1.54, 1.807) is 11.3 Å². The molecule has 0 aliphatic carbocycles. The normalized spacial score (nSPS) is 8.62. The monoisotopic (exact) mass is 191 g/mol. The summed E-state index contributed by atoms with van der Waals surface area (Å²) in [7, 11) is 0. The summed E-state index contributed by atoms with van der Waals surface area (Å²) in [5, 5.41) is 18.9. The number of rotatable bonds is 2. The summed E-state index contributed by atoms with van der Waals surface area (Å²) in [5.74, 6) is 5.46. The van der Waals surface area contributed by atoms with E-state index in [2.05, 4.69) is 17.9 Å². The van der Waals surface area contributed by atoms with Crippen molar-refractivity contribution >= 4 is 11.3 Å². The van der Waals surface area contributed by atoms with Gasteiger partial charge in [0.2, 0.25) is 0 Å². The Balaban J connectivity index is 2.72. The first-order valence-electron chi connectivity index (χ1n) is 3.91. The van der Waals surface area contributed by atoms with Crippen LogP contribution in [0.5, 0.6) is 0 Å². The van der Waals surface area contributed by atoms with Gasteiger partial charge >= 0.3 is 0 Å². The summed E-state index contributed by atoms with van der Waals surface area (Å²) in [4.78, 5) is 0.962. The smallest absolute Gasteiger partial charge is 0.104 e. The molecule has 0 bridgehead atoms. The van der Waals surface area contributed by atoms with Crippen LogP contribution in [-0.4, -0.2) is 11.7 Å². The number of nitriles is 1. The lowest BCUT2D eigenvalue weighted by atomic mass is 10.1. The lowest BCUT2D eigenvalue weighted by Gasteiger charge is -1.91. The molecule has 1 aromatic rings. The van der Waals surface area contributed by atoms with Crippen molar-refractivity contribution in [3.05, 3.63) is 21.9 Å². The summed E-state index contributed by atoms with van der Waals surface area (Å²) >= 11 is 1.55. The highest BCUT2D eigenvalue weighted by molar-refractivity contribution is 7.10. The van der Waals surface area contributed by atoms with Gasteiger partial charge in [0.15, 0.2) is 0 Å². The average Bonchev–Trinajstić information content (AvgIpc) is 2.59. The second-order valence-corrected chi connectivity index (χ2v) is 3.31. The quantitative estimate of drug-likeness (QED) is 0.721. The van der Waals surface area contributed by atoms with Crippen LogP contribution < -0.4 is 0 Å². The highest BCUT2D eigenvalue weighted by Gasteiger charge is 2.00. The van der Waals surface area contributed by atoms with E-state index in [0.717, 1.165) is 16.9 Å². The molecular weight excluding hydrogens is 182 g/mol. The predicted molar refractivity (Wildman–Crippen MR) is 52.2 cm³/mol. The van der Waals surface area contributed by atoms with Gasteiger partial charge in [-0.2, -0.15) is 5.26 Å². The third-order valence-electron chi connectivity index (χ3n) is 1.53. The maximum atomic E-state index is 8.51. The lowest BCUT2D eigenvalue weighted by molar-refractivity contribution is 0.350. The van der Waals surface area contributed by atoms with Gasteiger partial charge in [0.25, 0.3) is 0 Å². The molecule has 0 atom stereocenters. The van der Waals surface area contributed by atoms with Crippen LogP contribution >= 0.6 is 11.3 Å². The lowest BCUT2D eigenvalue weighted by Crippen LogP contribution is -1.83. The molecule has 1 rings (SSSR count). The molecule has 0 fully saturated rings. The molecule has 66 valence electrons. The van der Waals surface area contributed by atoms with Crippen molar-refractivity contribution in [2.45, 2.75) is 12.8 Å². The first kappa shape index (κ1) is 9.80. The van der Waals surface area contributed by atoms with Crippen LogP contribution in [0.2, 0.25) is 0 Å². The molecule has 2 nitrogen and oxygen atoms in total. The number of aryl methyl sites for hydroxylation is 1. The van der Waals surface area contributed by atoms with Crippen molar-refractivity contribution in [1.82, 2.24) is 0 Å². The van der Waals surface area contributed by atoms with Gasteiger partial charge in [0.1, 0.15) is 6.61 Å². The topological polar surface area (TPSA) is 44.0 Å². The van der Waals surface area contributed by atoms with Crippen molar-refractivity contribution in [2.24, 2.45) is 0 Å². The van der Waals surface area contributed by atoms with Crippen molar-refractivity contribution in [1.29, 1.82) is 5.26 Å². The Kier molecular flexibility index (Phi) is 4.05. The fourth-order valence-electron chi connectivity index (χ4n) is 0.953. The number of hydrogen-bond donors (Lipinski definition) is 1. The molecular formula is C10H9NOS. The van der Waals surface area contributed by atoms with Crippen LogP contribution in [0.3, 0.4) is 0 Å². The number of aliphatic hydroxyl groups is 1. The molecule has 0 aliphatic heterocycles. The minimum atomic E-state index is -0.115. The van der Waals surface area contributed by atoms with E-state index >= 15 is 0 Å². The minimum absolute atomic E-state index is 0.115. The minimum Gasteiger partial charge on any atom is -0.384 e. The molecule has 3 heteroatoms. The Morgan fingerprint density at radius 2 is 2.38 bits per heavy atom. The van der Waals surface area contributed by atoms with Gasteiger partial charge in [-0.05, 0) is 23.4 Å². The molecule has 0 radical (unpaired) electrons. The number of hydrogen-bond acceptors (Lipinski definition) is 3. The zero-order valence-corrected chi connectivity index (χ0v) is 7.90. The number of thiophene rings is 1. The van der Waals surface area contributed by atoms with Gasteiger partial charge in [-0.1, -0.05) is 11.8 Å². The van der Waals surface area contributed by atoms with Crippen molar-refractivity contribution in [2.75, 3.05) is 6.61 Å².